The lowest BCUT2D eigenvalue weighted by atomic mass is 10.2. The van der Waals surface area contributed by atoms with E-state index in [1.807, 2.05) is 0 Å². The molecule has 78 valence electrons. The van der Waals surface area contributed by atoms with Gasteiger partial charge in [0.05, 0.1) is 0 Å². The highest BCUT2D eigenvalue weighted by Crippen LogP contribution is 2.20. The van der Waals surface area contributed by atoms with Crippen LogP contribution in [0, 0.1) is 0 Å². The molecule has 0 saturated heterocycles. The number of tetrazole rings is 1. The van der Waals surface area contributed by atoms with Gasteiger partial charge in [-0.15, -0.1) is 23.4 Å². The van der Waals surface area contributed by atoms with Crippen LogP contribution >= 0.6 is 0 Å². The van der Waals surface area contributed by atoms with Crippen molar-refractivity contribution in [3.05, 3.63) is 30.3 Å². The van der Waals surface area contributed by atoms with Crippen LogP contribution in [0.5, 0.6) is 0 Å². The van der Waals surface area contributed by atoms with E-state index in [9.17, 15) is 13.2 Å². The van der Waals surface area contributed by atoms with Crippen LogP contribution in [-0.2, 0) is 6.30 Å². The van der Waals surface area contributed by atoms with Crippen molar-refractivity contribution in [2.24, 2.45) is 0 Å². The van der Waals surface area contributed by atoms with Crippen molar-refractivity contribution in [3.63, 3.8) is 0 Å². The Hall–Kier alpha value is -1.92. The average Bonchev–Trinajstić information content (AvgIpc) is 2.67. The fraction of sp³-hybridized carbons (Fsp3) is 0.125. The van der Waals surface area contributed by atoms with Gasteiger partial charge in [0, 0.05) is 5.56 Å². The van der Waals surface area contributed by atoms with Gasteiger partial charge in [-0.05, 0) is 5.21 Å². The summed E-state index contributed by atoms with van der Waals surface area (Å²) in [6, 6.07) is 8.33. The van der Waals surface area contributed by atoms with Crippen molar-refractivity contribution >= 4 is 0 Å². The summed E-state index contributed by atoms with van der Waals surface area (Å²) in [7, 11) is 0. The summed E-state index contributed by atoms with van der Waals surface area (Å²) in [5, 5.41) is 9.45. The average molecular weight is 214 g/mol. The molecule has 0 N–H and O–H groups in total. The summed E-state index contributed by atoms with van der Waals surface area (Å²) in [4.78, 5) is -0.366. The number of benzene rings is 1. The molecule has 0 aliphatic rings. The lowest BCUT2D eigenvalue weighted by Crippen LogP contribution is -2.19. The molecule has 15 heavy (non-hydrogen) atoms. The maximum absolute atomic E-state index is 12.1. The van der Waals surface area contributed by atoms with E-state index >= 15 is 0 Å². The molecule has 0 spiro atoms. The number of nitrogens with zero attached hydrogens (tertiary/aromatic N) is 4. The Morgan fingerprint density at radius 1 is 1.07 bits per heavy atom. The molecular formula is C8H5F3N4. The first kappa shape index (κ1) is 9.63. The van der Waals surface area contributed by atoms with Gasteiger partial charge < -0.3 is 0 Å². The molecule has 0 bridgehead atoms. The Kier molecular flexibility index (Phi) is 2.14. The number of rotatable bonds is 1. The number of alkyl halides is 3. The van der Waals surface area contributed by atoms with E-state index in [2.05, 4.69) is 15.4 Å². The highest BCUT2D eigenvalue weighted by Gasteiger charge is 2.34. The topological polar surface area (TPSA) is 43.6 Å². The van der Waals surface area contributed by atoms with Crippen molar-refractivity contribution in [2.45, 2.75) is 6.30 Å². The molecular weight excluding hydrogens is 209 g/mol. The second-order valence-electron chi connectivity index (χ2n) is 2.74. The van der Waals surface area contributed by atoms with E-state index in [0.29, 0.717) is 5.56 Å². The normalized spacial score (nSPS) is 11.7. The zero-order valence-corrected chi connectivity index (χ0v) is 7.31. The Labute approximate surface area is 82.3 Å². The standard InChI is InChI=1S/C8H5F3N4/c9-8(10,11)15-13-7(12-14-15)6-4-2-1-3-5-6/h1-5H. The molecule has 2 aromatic rings. The van der Waals surface area contributed by atoms with Crippen molar-refractivity contribution in [1.29, 1.82) is 0 Å². The van der Waals surface area contributed by atoms with Crippen molar-refractivity contribution in [1.82, 2.24) is 20.2 Å². The van der Waals surface area contributed by atoms with Crippen LogP contribution in [-0.4, -0.2) is 20.2 Å². The highest BCUT2D eigenvalue weighted by molar-refractivity contribution is 5.52. The molecule has 0 fully saturated rings. The van der Waals surface area contributed by atoms with Gasteiger partial charge in [0.2, 0.25) is 5.82 Å². The molecule has 0 aliphatic heterocycles. The van der Waals surface area contributed by atoms with E-state index in [4.69, 9.17) is 0 Å². The van der Waals surface area contributed by atoms with Crippen LogP contribution in [0.25, 0.3) is 11.4 Å². The molecule has 4 nitrogen and oxygen atoms in total. The van der Waals surface area contributed by atoms with E-state index in [0.717, 1.165) is 0 Å². The Balaban J connectivity index is 2.37. The van der Waals surface area contributed by atoms with Crippen LogP contribution in [0.15, 0.2) is 30.3 Å². The number of halogens is 3. The van der Waals surface area contributed by atoms with Gasteiger partial charge in [-0.25, -0.2) is 0 Å². The first-order chi connectivity index (χ1) is 7.07. The van der Waals surface area contributed by atoms with Crippen molar-refractivity contribution in [2.75, 3.05) is 0 Å². The van der Waals surface area contributed by atoms with Gasteiger partial charge in [-0.3, -0.25) is 0 Å². The molecule has 0 saturated carbocycles. The monoisotopic (exact) mass is 214 g/mol. The van der Waals surface area contributed by atoms with Gasteiger partial charge in [0.25, 0.3) is 0 Å². The third kappa shape index (κ3) is 1.95. The summed E-state index contributed by atoms with van der Waals surface area (Å²) in [5.74, 6) is -0.0482. The minimum absolute atomic E-state index is 0.0482. The smallest absolute Gasteiger partial charge is 0.147 e. The second kappa shape index (κ2) is 3.34. The summed E-state index contributed by atoms with van der Waals surface area (Å²) in [5.41, 5.74) is 0.494. The molecule has 0 amide bonds. The van der Waals surface area contributed by atoms with Gasteiger partial charge in [0.15, 0.2) is 0 Å². The second-order valence-corrected chi connectivity index (χ2v) is 2.74. The van der Waals surface area contributed by atoms with Gasteiger partial charge in [-0.1, -0.05) is 35.1 Å². The molecule has 1 aromatic heterocycles. The lowest BCUT2D eigenvalue weighted by Gasteiger charge is -2.00. The zero-order chi connectivity index (χ0) is 10.9. The SMILES string of the molecule is FC(F)(F)n1nnc(-c2ccccc2)n1. The number of aromatic nitrogens is 4. The molecule has 0 radical (unpaired) electrons. The summed E-state index contributed by atoms with van der Waals surface area (Å²) >= 11 is 0. The molecule has 0 atom stereocenters. The summed E-state index contributed by atoms with van der Waals surface area (Å²) < 4.78 is 36.3. The predicted molar refractivity (Wildman–Crippen MR) is 44.6 cm³/mol. The maximum Gasteiger partial charge on any atom is 0.522 e. The third-order valence-electron chi connectivity index (χ3n) is 1.67. The molecule has 1 heterocycles. The quantitative estimate of drug-likeness (QED) is 0.727. The van der Waals surface area contributed by atoms with E-state index in [-0.39, 0.29) is 10.6 Å². The maximum atomic E-state index is 12.1. The molecule has 0 aliphatic carbocycles. The number of hydrogen-bond donors (Lipinski definition) is 0. The minimum Gasteiger partial charge on any atom is -0.147 e. The molecule has 2 rings (SSSR count). The van der Waals surface area contributed by atoms with Gasteiger partial charge in [-0.2, -0.15) is 0 Å². The zero-order valence-electron chi connectivity index (χ0n) is 7.31. The third-order valence-corrected chi connectivity index (χ3v) is 1.67. The number of hydrogen-bond acceptors (Lipinski definition) is 3. The fourth-order valence-corrected chi connectivity index (χ4v) is 1.02. The van der Waals surface area contributed by atoms with E-state index < -0.39 is 6.30 Å². The minimum atomic E-state index is -4.62. The lowest BCUT2D eigenvalue weighted by molar-refractivity contribution is -0.222. The Morgan fingerprint density at radius 3 is 2.27 bits per heavy atom. The summed E-state index contributed by atoms with van der Waals surface area (Å²) in [6.07, 6.45) is -4.62. The van der Waals surface area contributed by atoms with Crippen LogP contribution in [0.2, 0.25) is 0 Å². The van der Waals surface area contributed by atoms with Crippen LogP contribution in [0.3, 0.4) is 0 Å². The Morgan fingerprint density at radius 2 is 1.73 bits per heavy atom. The van der Waals surface area contributed by atoms with Crippen LogP contribution in [0.4, 0.5) is 13.2 Å². The highest BCUT2D eigenvalue weighted by atomic mass is 19.4. The van der Waals surface area contributed by atoms with E-state index in [1.54, 1.807) is 30.3 Å². The first-order valence-corrected chi connectivity index (χ1v) is 4.00. The molecule has 1 aromatic carbocycles. The van der Waals surface area contributed by atoms with Crippen LogP contribution < -0.4 is 0 Å². The van der Waals surface area contributed by atoms with Gasteiger partial charge in [0.1, 0.15) is 0 Å². The summed E-state index contributed by atoms with van der Waals surface area (Å²) in [6.45, 7) is 0. The van der Waals surface area contributed by atoms with Crippen molar-refractivity contribution < 1.29 is 13.2 Å². The Bertz CT molecular complexity index is 448. The molecule has 0 unspecified atom stereocenters. The van der Waals surface area contributed by atoms with E-state index in [1.165, 1.54) is 0 Å². The first-order valence-electron chi connectivity index (χ1n) is 4.00. The largest absolute Gasteiger partial charge is 0.522 e. The van der Waals surface area contributed by atoms with Crippen LogP contribution in [0.1, 0.15) is 0 Å². The van der Waals surface area contributed by atoms with Crippen molar-refractivity contribution in [3.8, 4) is 11.4 Å². The molecule has 7 heteroatoms. The fourth-order valence-electron chi connectivity index (χ4n) is 1.02. The predicted octanol–water partition coefficient (Wildman–Crippen LogP) is 1.82. The van der Waals surface area contributed by atoms with Gasteiger partial charge >= 0.3 is 6.30 Å².